The minimum atomic E-state index is -1.22. The summed E-state index contributed by atoms with van der Waals surface area (Å²) in [5.74, 6) is 0. The molecule has 4 rings (SSSR count). The van der Waals surface area contributed by atoms with E-state index in [9.17, 15) is 15.0 Å². The van der Waals surface area contributed by atoms with Crippen LogP contribution in [-0.2, 0) is 13.2 Å². The molecule has 29 heavy (non-hydrogen) atoms. The lowest BCUT2D eigenvalue weighted by atomic mass is 9.88. The van der Waals surface area contributed by atoms with Crippen LogP contribution in [0, 0.1) is 6.92 Å². The number of β-amino-alcohol motifs (C(OH)–C–C–N with tert-alkyl or cyclic N) is 1. The van der Waals surface area contributed by atoms with Crippen LogP contribution in [0.5, 0.6) is 0 Å². The molecule has 2 atom stereocenters. The van der Waals surface area contributed by atoms with Crippen molar-refractivity contribution < 1.29 is 10.2 Å². The van der Waals surface area contributed by atoms with Crippen LogP contribution in [0.25, 0.3) is 11.3 Å². The maximum absolute atomic E-state index is 11.9. The van der Waals surface area contributed by atoms with Crippen molar-refractivity contribution in [3.05, 3.63) is 82.9 Å². The topological polar surface area (TPSA) is 70.6 Å². The van der Waals surface area contributed by atoms with Crippen LogP contribution in [0.3, 0.4) is 0 Å². The van der Waals surface area contributed by atoms with Gasteiger partial charge in [0.05, 0.1) is 19.3 Å². The maximum Gasteiger partial charge on any atom is 0.251 e. The average molecular weight is 393 g/mol. The van der Waals surface area contributed by atoms with E-state index in [1.807, 2.05) is 54.3 Å². The molecule has 6 nitrogen and oxygen atoms in total. The molecule has 1 fully saturated rings. The number of benzene rings is 1. The van der Waals surface area contributed by atoms with Crippen molar-refractivity contribution in [3.8, 4) is 11.3 Å². The Kier molecular flexibility index (Phi) is 5.41. The van der Waals surface area contributed by atoms with Gasteiger partial charge in [-0.1, -0.05) is 36.4 Å². The average Bonchev–Trinajstić information content (AvgIpc) is 3.07. The standard InChI is InChI=1S/C23H27N3O3/c1-18-10-11-20(19-7-3-2-4-8-19)26(18)16-23(29)12-14-24(15-21(23)27)17-25-13-6-5-9-22(25)28/h2-11,13,21,27,29H,12,14-17H2,1H3. The van der Waals surface area contributed by atoms with Crippen molar-refractivity contribution in [3.63, 3.8) is 0 Å². The Balaban J connectivity index is 1.50. The van der Waals surface area contributed by atoms with E-state index in [2.05, 4.69) is 10.6 Å². The van der Waals surface area contributed by atoms with Gasteiger partial charge in [-0.05, 0) is 37.1 Å². The lowest BCUT2D eigenvalue weighted by Crippen LogP contribution is -2.57. The Labute approximate surface area is 170 Å². The van der Waals surface area contributed by atoms with Crippen molar-refractivity contribution in [2.24, 2.45) is 0 Å². The van der Waals surface area contributed by atoms with E-state index >= 15 is 0 Å². The Hall–Kier alpha value is -2.67. The van der Waals surface area contributed by atoms with Crippen molar-refractivity contribution in [1.29, 1.82) is 0 Å². The van der Waals surface area contributed by atoms with Crippen molar-refractivity contribution in [1.82, 2.24) is 14.0 Å². The summed E-state index contributed by atoms with van der Waals surface area (Å²) >= 11 is 0. The highest BCUT2D eigenvalue weighted by molar-refractivity contribution is 5.60. The molecular formula is C23H27N3O3. The molecule has 1 saturated heterocycles. The predicted octanol–water partition coefficient (Wildman–Crippen LogP) is 2.08. The summed E-state index contributed by atoms with van der Waals surface area (Å²) in [5, 5.41) is 22.1. The Bertz CT molecular complexity index is 1030. The smallest absolute Gasteiger partial charge is 0.251 e. The summed E-state index contributed by atoms with van der Waals surface area (Å²) in [6.07, 6.45) is 1.27. The molecule has 2 aromatic heterocycles. The Morgan fingerprint density at radius 1 is 1.07 bits per heavy atom. The zero-order chi connectivity index (χ0) is 20.4. The van der Waals surface area contributed by atoms with E-state index in [4.69, 9.17) is 0 Å². The highest BCUT2D eigenvalue weighted by Crippen LogP contribution is 2.29. The first-order valence-electron chi connectivity index (χ1n) is 9.96. The lowest BCUT2D eigenvalue weighted by Gasteiger charge is -2.42. The van der Waals surface area contributed by atoms with Crippen LogP contribution in [0.1, 0.15) is 12.1 Å². The molecule has 0 bridgehead atoms. The van der Waals surface area contributed by atoms with Crippen molar-refractivity contribution >= 4 is 0 Å². The summed E-state index contributed by atoms with van der Waals surface area (Å²) in [6, 6.07) is 19.2. The third-order valence-corrected chi connectivity index (χ3v) is 5.86. The summed E-state index contributed by atoms with van der Waals surface area (Å²) in [6.45, 7) is 3.68. The van der Waals surface area contributed by atoms with Crippen molar-refractivity contribution in [2.75, 3.05) is 13.1 Å². The highest BCUT2D eigenvalue weighted by atomic mass is 16.3. The lowest BCUT2D eigenvalue weighted by molar-refractivity contribution is -0.131. The molecule has 0 saturated carbocycles. The second-order valence-electron chi connectivity index (χ2n) is 7.91. The fraction of sp³-hybridized carbons (Fsp3) is 0.348. The van der Waals surface area contributed by atoms with Gasteiger partial charge in [0, 0.05) is 36.7 Å². The number of hydrogen-bond acceptors (Lipinski definition) is 4. The maximum atomic E-state index is 11.9. The molecule has 0 spiro atoms. The monoisotopic (exact) mass is 393 g/mol. The molecule has 0 aliphatic carbocycles. The molecule has 1 aliphatic heterocycles. The second-order valence-corrected chi connectivity index (χ2v) is 7.91. The minimum Gasteiger partial charge on any atom is -0.389 e. The summed E-state index contributed by atoms with van der Waals surface area (Å²) in [5.41, 5.74) is 1.87. The molecule has 1 aliphatic rings. The molecule has 2 N–H and O–H groups in total. The minimum absolute atomic E-state index is 0.0710. The fourth-order valence-corrected chi connectivity index (χ4v) is 4.04. The predicted molar refractivity (Wildman–Crippen MR) is 112 cm³/mol. The van der Waals surface area contributed by atoms with Crippen LogP contribution in [0.2, 0.25) is 0 Å². The molecule has 6 heteroatoms. The van der Waals surface area contributed by atoms with E-state index in [1.165, 1.54) is 6.07 Å². The van der Waals surface area contributed by atoms with Gasteiger partial charge in [0.15, 0.2) is 0 Å². The number of piperidine rings is 1. The highest BCUT2D eigenvalue weighted by Gasteiger charge is 2.41. The number of nitrogens with zero attached hydrogens (tertiary/aromatic N) is 3. The van der Waals surface area contributed by atoms with Gasteiger partial charge in [-0.25, -0.2) is 0 Å². The van der Waals surface area contributed by atoms with Crippen molar-refractivity contribution in [2.45, 2.75) is 38.3 Å². The number of aromatic nitrogens is 2. The Morgan fingerprint density at radius 3 is 2.55 bits per heavy atom. The van der Waals surface area contributed by atoms with Crippen LogP contribution in [-0.4, -0.2) is 49.0 Å². The molecule has 0 radical (unpaired) electrons. The quantitative estimate of drug-likeness (QED) is 0.696. The van der Waals surface area contributed by atoms with Gasteiger partial charge in [0.2, 0.25) is 0 Å². The zero-order valence-corrected chi connectivity index (χ0v) is 16.6. The number of aryl methyl sites for hydroxylation is 1. The summed E-state index contributed by atoms with van der Waals surface area (Å²) in [4.78, 5) is 13.9. The van der Waals surface area contributed by atoms with Gasteiger partial charge in [-0.15, -0.1) is 0 Å². The number of rotatable bonds is 5. The second kappa shape index (κ2) is 7.99. The number of aliphatic hydroxyl groups excluding tert-OH is 1. The fourth-order valence-electron chi connectivity index (χ4n) is 4.04. The van der Waals surface area contributed by atoms with Gasteiger partial charge in [0.25, 0.3) is 5.56 Å². The molecule has 152 valence electrons. The van der Waals surface area contributed by atoms with E-state index in [1.54, 1.807) is 16.8 Å². The zero-order valence-electron chi connectivity index (χ0n) is 16.6. The number of pyridine rings is 1. The van der Waals surface area contributed by atoms with E-state index < -0.39 is 11.7 Å². The van der Waals surface area contributed by atoms with E-state index in [-0.39, 0.29) is 5.56 Å². The summed E-state index contributed by atoms with van der Waals surface area (Å²) < 4.78 is 3.69. The third kappa shape index (κ3) is 4.05. The molecule has 2 unspecified atom stereocenters. The van der Waals surface area contributed by atoms with Gasteiger partial charge in [-0.3, -0.25) is 9.69 Å². The van der Waals surface area contributed by atoms with Crippen LogP contribution >= 0.6 is 0 Å². The van der Waals surface area contributed by atoms with E-state index in [0.29, 0.717) is 32.7 Å². The van der Waals surface area contributed by atoms with Crippen LogP contribution in [0.15, 0.2) is 71.7 Å². The van der Waals surface area contributed by atoms with Gasteiger partial charge in [0.1, 0.15) is 5.60 Å². The normalized spacial score (nSPS) is 22.7. The summed E-state index contributed by atoms with van der Waals surface area (Å²) in [7, 11) is 0. The van der Waals surface area contributed by atoms with E-state index in [0.717, 1.165) is 17.0 Å². The van der Waals surface area contributed by atoms with Gasteiger partial charge < -0.3 is 19.3 Å². The van der Waals surface area contributed by atoms with Crippen LogP contribution in [0.4, 0.5) is 0 Å². The number of aliphatic hydroxyl groups is 2. The first kappa shape index (κ1) is 19.6. The Morgan fingerprint density at radius 2 is 1.83 bits per heavy atom. The molecule has 3 aromatic rings. The number of hydrogen-bond donors (Lipinski definition) is 2. The largest absolute Gasteiger partial charge is 0.389 e. The third-order valence-electron chi connectivity index (χ3n) is 5.86. The molecule has 3 heterocycles. The molecular weight excluding hydrogens is 366 g/mol. The SMILES string of the molecule is Cc1ccc(-c2ccccc2)n1CC1(O)CCN(Cn2ccccc2=O)CC1O. The van der Waals surface area contributed by atoms with Gasteiger partial charge >= 0.3 is 0 Å². The molecule has 1 aromatic carbocycles. The van der Waals surface area contributed by atoms with Gasteiger partial charge in [-0.2, -0.15) is 0 Å². The first-order chi connectivity index (χ1) is 14.0. The first-order valence-corrected chi connectivity index (χ1v) is 9.96. The number of likely N-dealkylation sites (tertiary alicyclic amines) is 1. The van der Waals surface area contributed by atoms with Crippen LogP contribution < -0.4 is 5.56 Å². The molecule has 0 amide bonds.